The molecule has 0 spiro atoms. The van der Waals surface area contributed by atoms with Gasteiger partial charge < -0.3 is 4.98 Å². The van der Waals surface area contributed by atoms with E-state index < -0.39 is 0 Å². The molecule has 6 nitrogen and oxygen atoms in total. The largest absolute Gasteiger partial charge is 0.306 e. The summed E-state index contributed by atoms with van der Waals surface area (Å²) in [5.41, 5.74) is 5.66. The summed E-state index contributed by atoms with van der Waals surface area (Å²) in [6.45, 7) is 3.68. The van der Waals surface area contributed by atoms with Crippen LogP contribution in [0.2, 0.25) is 0 Å². The third-order valence-corrected chi connectivity index (χ3v) is 4.81. The third-order valence-electron chi connectivity index (χ3n) is 4.81. The Hall–Kier alpha value is -3.64. The summed E-state index contributed by atoms with van der Waals surface area (Å²) >= 11 is 0. The molecular formula is C24H23N5O. The Kier molecular flexibility index (Phi) is 5.77. The summed E-state index contributed by atoms with van der Waals surface area (Å²) in [5.74, 6) is 0.557. The quantitative estimate of drug-likeness (QED) is 0.535. The van der Waals surface area contributed by atoms with Crippen LogP contribution in [-0.4, -0.2) is 31.9 Å². The number of nitrogens with one attached hydrogen (secondary N) is 1. The molecule has 1 aromatic carbocycles. The Balaban J connectivity index is 1.50. The van der Waals surface area contributed by atoms with Gasteiger partial charge in [-0.2, -0.15) is 0 Å². The number of aryl methyl sites for hydroxylation is 1. The Morgan fingerprint density at radius 1 is 0.867 bits per heavy atom. The van der Waals surface area contributed by atoms with Crippen LogP contribution in [0.25, 0.3) is 22.6 Å². The maximum atomic E-state index is 12.1. The highest BCUT2D eigenvalue weighted by molar-refractivity contribution is 5.63. The molecule has 0 amide bonds. The van der Waals surface area contributed by atoms with Crippen molar-refractivity contribution >= 4 is 0 Å². The smallest absolute Gasteiger partial charge is 0.251 e. The molecule has 1 N–H and O–H groups in total. The van der Waals surface area contributed by atoms with Crippen LogP contribution in [0.5, 0.6) is 0 Å². The Labute approximate surface area is 175 Å². The molecule has 0 aliphatic heterocycles. The average Bonchev–Trinajstić information content (AvgIpc) is 2.74. The highest BCUT2D eigenvalue weighted by Gasteiger charge is 2.08. The molecular weight excluding hydrogens is 374 g/mol. The minimum Gasteiger partial charge on any atom is -0.306 e. The number of hydrogen-bond donors (Lipinski definition) is 1. The maximum Gasteiger partial charge on any atom is 0.251 e. The number of aromatic amines is 1. The number of pyridine rings is 2. The molecule has 3 aromatic heterocycles. The van der Waals surface area contributed by atoms with Crippen LogP contribution in [-0.2, 0) is 13.1 Å². The number of nitrogens with zero attached hydrogens (tertiary/aromatic N) is 4. The van der Waals surface area contributed by atoms with Crippen molar-refractivity contribution in [3.05, 3.63) is 100 Å². The lowest BCUT2D eigenvalue weighted by Gasteiger charge is -2.17. The van der Waals surface area contributed by atoms with Crippen LogP contribution in [0.4, 0.5) is 0 Å². The first-order valence-corrected chi connectivity index (χ1v) is 9.78. The Morgan fingerprint density at radius 3 is 2.33 bits per heavy atom. The third kappa shape index (κ3) is 4.85. The molecule has 0 aliphatic rings. The fraction of sp³-hybridized carbons (Fsp3) is 0.167. The van der Waals surface area contributed by atoms with Crippen molar-refractivity contribution < 1.29 is 0 Å². The summed E-state index contributed by atoms with van der Waals surface area (Å²) in [5, 5.41) is 0. The van der Waals surface area contributed by atoms with Crippen LogP contribution in [0.15, 0.2) is 78.0 Å². The normalized spacial score (nSPS) is 11.0. The summed E-state index contributed by atoms with van der Waals surface area (Å²) in [6, 6.07) is 17.5. The van der Waals surface area contributed by atoms with E-state index in [-0.39, 0.29) is 5.56 Å². The molecule has 0 atom stereocenters. The first-order chi connectivity index (χ1) is 14.6. The molecule has 3 heterocycles. The van der Waals surface area contributed by atoms with Crippen molar-refractivity contribution in [1.29, 1.82) is 0 Å². The number of hydrogen-bond acceptors (Lipinski definition) is 5. The standard InChI is InChI=1S/C24H23N5O/c1-17-13-19(7-12-26-17)16-29(2)15-18-3-5-21(6-4-18)24-27-22(14-23(30)28-24)20-8-10-25-11-9-20/h3-14H,15-16H2,1-2H3,(H,27,28,30). The van der Waals surface area contributed by atoms with Gasteiger partial charge in [0, 0.05) is 54.6 Å². The number of rotatable bonds is 6. The van der Waals surface area contributed by atoms with Crippen molar-refractivity contribution in [1.82, 2.24) is 24.8 Å². The van der Waals surface area contributed by atoms with Crippen molar-refractivity contribution in [3.8, 4) is 22.6 Å². The molecule has 4 aromatic rings. The number of benzene rings is 1. The van der Waals surface area contributed by atoms with Crippen molar-refractivity contribution in [2.24, 2.45) is 0 Å². The monoisotopic (exact) mass is 397 g/mol. The van der Waals surface area contributed by atoms with Gasteiger partial charge in [-0.3, -0.25) is 19.7 Å². The van der Waals surface area contributed by atoms with E-state index in [1.165, 1.54) is 17.2 Å². The van der Waals surface area contributed by atoms with Crippen LogP contribution >= 0.6 is 0 Å². The fourth-order valence-electron chi connectivity index (χ4n) is 3.41. The van der Waals surface area contributed by atoms with Gasteiger partial charge in [0.05, 0.1) is 5.69 Å². The molecule has 30 heavy (non-hydrogen) atoms. The fourth-order valence-corrected chi connectivity index (χ4v) is 3.41. The van der Waals surface area contributed by atoms with Gasteiger partial charge in [0.25, 0.3) is 5.56 Å². The van der Waals surface area contributed by atoms with E-state index >= 15 is 0 Å². The molecule has 0 saturated carbocycles. The lowest BCUT2D eigenvalue weighted by molar-refractivity contribution is 0.319. The van der Waals surface area contributed by atoms with Gasteiger partial charge in [-0.25, -0.2) is 4.98 Å². The van der Waals surface area contributed by atoms with Gasteiger partial charge in [-0.1, -0.05) is 24.3 Å². The Morgan fingerprint density at radius 2 is 1.60 bits per heavy atom. The predicted molar refractivity (Wildman–Crippen MR) is 118 cm³/mol. The second kappa shape index (κ2) is 8.80. The molecule has 0 unspecified atom stereocenters. The first-order valence-electron chi connectivity index (χ1n) is 9.78. The maximum absolute atomic E-state index is 12.1. The van der Waals surface area contributed by atoms with Gasteiger partial charge in [0.2, 0.25) is 0 Å². The Bertz CT molecular complexity index is 1190. The van der Waals surface area contributed by atoms with E-state index in [1.807, 2.05) is 43.5 Å². The second-order valence-electron chi connectivity index (χ2n) is 7.39. The van der Waals surface area contributed by atoms with E-state index in [1.54, 1.807) is 12.4 Å². The topological polar surface area (TPSA) is 74.8 Å². The van der Waals surface area contributed by atoms with Gasteiger partial charge in [0.15, 0.2) is 0 Å². The zero-order valence-electron chi connectivity index (χ0n) is 17.0. The SMILES string of the molecule is Cc1cc(CN(C)Cc2ccc(-c3nc(-c4ccncc4)cc(=O)[nH]3)cc2)ccn1. The second-order valence-corrected chi connectivity index (χ2v) is 7.39. The van der Waals surface area contributed by atoms with Crippen LogP contribution in [0, 0.1) is 6.92 Å². The summed E-state index contributed by atoms with van der Waals surface area (Å²) in [4.78, 5) is 30.1. The average molecular weight is 397 g/mol. The minimum atomic E-state index is -0.178. The van der Waals surface area contributed by atoms with E-state index in [0.717, 1.165) is 29.9 Å². The number of aromatic nitrogens is 4. The zero-order chi connectivity index (χ0) is 20.9. The van der Waals surface area contributed by atoms with Gasteiger partial charge in [0.1, 0.15) is 5.82 Å². The molecule has 150 valence electrons. The molecule has 0 saturated heterocycles. The first kappa shape index (κ1) is 19.7. The van der Waals surface area contributed by atoms with Crippen LogP contribution < -0.4 is 5.56 Å². The van der Waals surface area contributed by atoms with E-state index in [4.69, 9.17) is 0 Å². The molecule has 0 aliphatic carbocycles. The van der Waals surface area contributed by atoms with Crippen molar-refractivity contribution in [2.75, 3.05) is 7.05 Å². The lowest BCUT2D eigenvalue weighted by atomic mass is 10.1. The summed E-state index contributed by atoms with van der Waals surface area (Å²) in [7, 11) is 2.10. The molecule has 6 heteroatoms. The van der Waals surface area contributed by atoms with Crippen LogP contribution in [0.3, 0.4) is 0 Å². The molecule has 0 radical (unpaired) electrons. The summed E-state index contributed by atoms with van der Waals surface area (Å²) in [6.07, 6.45) is 5.23. The van der Waals surface area contributed by atoms with E-state index in [2.05, 4.69) is 50.1 Å². The summed E-state index contributed by atoms with van der Waals surface area (Å²) < 4.78 is 0. The molecule has 0 bridgehead atoms. The van der Waals surface area contributed by atoms with Gasteiger partial charge in [-0.15, -0.1) is 0 Å². The van der Waals surface area contributed by atoms with Gasteiger partial charge >= 0.3 is 0 Å². The highest BCUT2D eigenvalue weighted by atomic mass is 16.1. The minimum absolute atomic E-state index is 0.178. The predicted octanol–water partition coefficient (Wildman–Crippen LogP) is 3.83. The van der Waals surface area contributed by atoms with Gasteiger partial charge in [-0.05, 0) is 49.4 Å². The van der Waals surface area contributed by atoms with E-state index in [9.17, 15) is 4.79 Å². The zero-order valence-corrected chi connectivity index (χ0v) is 17.0. The molecule has 0 fully saturated rings. The van der Waals surface area contributed by atoms with Crippen LogP contribution in [0.1, 0.15) is 16.8 Å². The number of H-pyrrole nitrogens is 1. The van der Waals surface area contributed by atoms with Crippen molar-refractivity contribution in [2.45, 2.75) is 20.0 Å². The van der Waals surface area contributed by atoms with Crippen molar-refractivity contribution in [3.63, 3.8) is 0 Å². The lowest BCUT2D eigenvalue weighted by Crippen LogP contribution is -2.17. The molecule has 4 rings (SSSR count). The highest BCUT2D eigenvalue weighted by Crippen LogP contribution is 2.20. The van der Waals surface area contributed by atoms with E-state index in [0.29, 0.717) is 11.5 Å².